The molecule has 2 rings (SSSR count). The minimum atomic E-state index is -3.30. The monoisotopic (exact) mass is 296 g/mol. The second kappa shape index (κ2) is 7.20. The normalized spacial score (nSPS) is 20.9. The maximum atomic E-state index is 12.2. The summed E-state index contributed by atoms with van der Waals surface area (Å²) in [5.74, 6) is 0. The summed E-state index contributed by atoms with van der Waals surface area (Å²) in [6.07, 6.45) is 4.78. The molecule has 4 nitrogen and oxygen atoms in total. The van der Waals surface area contributed by atoms with Gasteiger partial charge in [0.1, 0.15) is 0 Å². The van der Waals surface area contributed by atoms with Gasteiger partial charge in [-0.2, -0.15) is 12.7 Å². The second-order valence-corrected chi connectivity index (χ2v) is 7.15. The minimum absolute atomic E-state index is 0.121. The van der Waals surface area contributed by atoms with Crippen molar-refractivity contribution in [2.45, 2.75) is 45.1 Å². The van der Waals surface area contributed by atoms with Gasteiger partial charge in [0, 0.05) is 19.1 Å². The Kier molecular flexibility index (Phi) is 5.57. The van der Waals surface area contributed by atoms with Crippen molar-refractivity contribution >= 4 is 10.2 Å². The van der Waals surface area contributed by atoms with E-state index in [-0.39, 0.29) is 6.04 Å². The second-order valence-electron chi connectivity index (χ2n) is 5.44. The van der Waals surface area contributed by atoms with E-state index in [1.165, 1.54) is 5.56 Å². The summed E-state index contributed by atoms with van der Waals surface area (Å²) in [6, 6.07) is 10.3. The molecule has 1 aliphatic heterocycles. The zero-order chi connectivity index (χ0) is 14.4. The number of rotatable bonds is 6. The van der Waals surface area contributed by atoms with Crippen LogP contribution < -0.4 is 4.72 Å². The molecule has 1 saturated heterocycles. The fourth-order valence-electron chi connectivity index (χ4n) is 2.65. The van der Waals surface area contributed by atoms with Crippen LogP contribution >= 0.6 is 0 Å². The first-order valence-electron chi connectivity index (χ1n) is 7.40. The molecule has 1 aromatic rings. The van der Waals surface area contributed by atoms with Crippen molar-refractivity contribution in [1.29, 1.82) is 0 Å². The van der Waals surface area contributed by atoms with Crippen molar-refractivity contribution in [1.82, 2.24) is 9.03 Å². The maximum absolute atomic E-state index is 12.2. The average molecular weight is 296 g/mol. The van der Waals surface area contributed by atoms with Crippen LogP contribution in [0.2, 0.25) is 0 Å². The topological polar surface area (TPSA) is 49.4 Å². The summed E-state index contributed by atoms with van der Waals surface area (Å²) in [7, 11) is -3.30. The summed E-state index contributed by atoms with van der Waals surface area (Å²) in [5.41, 5.74) is 1.25. The Morgan fingerprint density at radius 2 is 2.00 bits per heavy atom. The van der Waals surface area contributed by atoms with Crippen molar-refractivity contribution in [3.8, 4) is 0 Å². The number of aryl methyl sites for hydroxylation is 1. The standard InChI is InChI=1S/C15H24N2O2S/c1-14-8-5-6-13-17(14)20(18,19)16-12-7-11-15-9-3-2-4-10-15/h2-4,9-10,14,16H,5-8,11-13H2,1H3/t14-/m1/s1. The molecule has 20 heavy (non-hydrogen) atoms. The van der Waals surface area contributed by atoms with Crippen LogP contribution in [0, 0.1) is 0 Å². The largest absolute Gasteiger partial charge is 0.279 e. The van der Waals surface area contributed by atoms with Crippen LogP contribution in [0.5, 0.6) is 0 Å². The molecule has 5 heteroatoms. The van der Waals surface area contributed by atoms with E-state index >= 15 is 0 Å². The van der Waals surface area contributed by atoms with Crippen LogP contribution in [-0.2, 0) is 16.6 Å². The van der Waals surface area contributed by atoms with Crippen molar-refractivity contribution in [3.05, 3.63) is 35.9 Å². The van der Waals surface area contributed by atoms with E-state index in [9.17, 15) is 8.42 Å². The van der Waals surface area contributed by atoms with Gasteiger partial charge < -0.3 is 0 Å². The zero-order valence-corrected chi connectivity index (χ0v) is 12.9. The van der Waals surface area contributed by atoms with Gasteiger partial charge >= 0.3 is 0 Å². The third kappa shape index (κ3) is 4.30. The lowest BCUT2D eigenvalue weighted by atomic mass is 10.1. The van der Waals surface area contributed by atoms with E-state index in [1.54, 1.807) is 4.31 Å². The summed E-state index contributed by atoms with van der Waals surface area (Å²) in [6.45, 7) is 3.14. The Labute approximate surface area is 122 Å². The molecule has 1 aromatic carbocycles. The van der Waals surface area contributed by atoms with Gasteiger partial charge in [-0.1, -0.05) is 36.8 Å². The predicted octanol–water partition coefficient (Wildman–Crippen LogP) is 2.33. The van der Waals surface area contributed by atoms with Gasteiger partial charge in [0.15, 0.2) is 0 Å². The van der Waals surface area contributed by atoms with Crippen molar-refractivity contribution in [2.24, 2.45) is 0 Å². The third-order valence-corrected chi connectivity index (χ3v) is 5.55. The first-order chi connectivity index (χ1) is 9.59. The SMILES string of the molecule is C[C@@H]1CCCCN1S(=O)(=O)NCCCc1ccccc1. The van der Waals surface area contributed by atoms with Gasteiger partial charge in [-0.05, 0) is 38.2 Å². The number of nitrogens with one attached hydrogen (secondary N) is 1. The lowest BCUT2D eigenvalue weighted by Crippen LogP contribution is -2.48. The molecule has 0 spiro atoms. The van der Waals surface area contributed by atoms with Gasteiger partial charge in [0.05, 0.1) is 0 Å². The summed E-state index contributed by atoms with van der Waals surface area (Å²) < 4.78 is 28.8. The molecule has 1 N–H and O–H groups in total. The number of piperidine rings is 1. The average Bonchev–Trinajstić information content (AvgIpc) is 2.45. The van der Waals surface area contributed by atoms with Crippen molar-refractivity contribution in [3.63, 3.8) is 0 Å². The molecule has 0 unspecified atom stereocenters. The molecule has 1 atom stereocenters. The first-order valence-corrected chi connectivity index (χ1v) is 8.84. The molecule has 0 aromatic heterocycles. The Balaban J connectivity index is 1.77. The van der Waals surface area contributed by atoms with E-state index < -0.39 is 10.2 Å². The van der Waals surface area contributed by atoms with Crippen LogP contribution in [0.15, 0.2) is 30.3 Å². The zero-order valence-electron chi connectivity index (χ0n) is 12.1. The summed E-state index contributed by atoms with van der Waals surface area (Å²) >= 11 is 0. The van der Waals surface area contributed by atoms with Crippen molar-refractivity contribution < 1.29 is 8.42 Å². The molecule has 1 heterocycles. The van der Waals surface area contributed by atoms with Crippen LogP contribution in [0.4, 0.5) is 0 Å². The van der Waals surface area contributed by atoms with E-state index in [0.29, 0.717) is 13.1 Å². The number of hydrogen-bond acceptors (Lipinski definition) is 2. The molecule has 0 saturated carbocycles. The quantitative estimate of drug-likeness (QED) is 0.819. The van der Waals surface area contributed by atoms with Gasteiger partial charge in [-0.3, -0.25) is 0 Å². The highest BCUT2D eigenvalue weighted by atomic mass is 32.2. The number of nitrogens with zero attached hydrogens (tertiary/aromatic N) is 1. The van der Waals surface area contributed by atoms with Gasteiger partial charge in [-0.25, -0.2) is 4.72 Å². The Hall–Kier alpha value is -0.910. The number of benzene rings is 1. The Morgan fingerprint density at radius 1 is 1.25 bits per heavy atom. The van der Waals surface area contributed by atoms with Crippen LogP contribution in [0.3, 0.4) is 0 Å². The molecule has 1 aliphatic rings. The third-order valence-electron chi connectivity index (χ3n) is 3.82. The Morgan fingerprint density at radius 3 is 2.70 bits per heavy atom. The summed E-state index contributed by atoms with van der Waals surface area (Å²) in [5, 5.41) is 0. The number of hydrogen-bond donors (Lipinski definition) is 1. The molecular weight excluding hydrogens is 272 g/mol. The highest BCUT2D eigenvalue weighted by Gasteiger charge is 2.28. The maximum Gasteiger partial charge on any atom is 0.279 e. The molecule has 0 radical (unpaired) electrons. The molecule has 1 fully saturated rings. The fraction of sp³-hybridized carbons (Fsp3) is 0.600. The van der Waals surface area contributed by atoms with E-state index in [0.717, 1.165) is 32.1 Å². The Bertz CT molecular complexity index is 502. The van der Waals surface area contributed by atoms with E-state index in [2.05, 4.69) is 16.9 Å². The highest BCUT2D eigenvalue weighted by molar-refractivity contribution is 7.87. The molecule has 112 valence electrons. The first kappa shape index (κ1) is 15.5. The molecular formula is C15H24N2O2S. The molecule has 0 amide bonds. The van der Waals surface area contributed by atoms with Crippen LogP contribution in [0.25, 0.3) is 0 Å². The van der Waals surface area contributed by atoms with Crippen LogP contribution in [-0.4, -0.2) is 31.9 Å². The summed E-state index contributed by atoms with van der Waals surface area (Å²) in [4.78, 5) is 0. The fourth-order valence-corrected chi connectivity index (χ4v) is 4.17. The van der Waals surface area contributed by atoms with Crippen molar-refractivity contribution in [2.75, 3.05) is 13.1 Å². The van der Waals surface area contributed by atoms with Crippen LogP contribution in [0.1, 0.15) is 38.2 Å². The van der Waals surface area contributed by atoms with Gasteiger partial charge in [0.2, 0.25) is 0 Å². The van der Waals surface area contributed by atoms with Gasteiger partial charge in [0.25, 0.3) is 10.2 Å². The highest BCUT2D eigenvalue weighted by Crippen LogP contribution is 2.18. The smallest absolute Gasteiger partial charge is 0.202 e. The lowest BCUT2D eigenvalue weighted by molar-refractivity contribution is 0.265. The molecule has 0 aliphatic carbocycles. The van der Waals surface area contributed by atoms with Gasteiger partial charge in [-0.15, -0.1) is 0 Å². The predicted molar refractivity (Wildman–Crippen MR) is 81.7 cm³/mol. The van der Waals surface area contributed by atoms with E-state index in [4.69, 9.17) is 0 Å². The molecule has 0 bridgehead atoms. The van der Waals surface area contributed by atoms with E-state index in [1.807, 2.05) is 25.1 Å². The minimum Gasteiger partial charge on any atom is -0.202 e. The lowest BCUT2D eigenvalue weighted by Gasteiger charge is -2.32.